The minimum absolute atomic E-state index is 0.0274. The van der Waals surface area contributed by atoms with Crippen molar-refractivity contribution in [2.75, 3.05) is 33.9 Å². The Bertz CT molecular complexity index is 1400. The second kappa shape index (κ2) is 16.1. The second-order valence-electron chi connectivity index (χ2n) is 10.0. The molecule has 0 radical (unpaired) electrons. The third-order valence-electron chi connectivity index (χ3n) is 7.03. The summed E-state index contributed by atoms with van der Waals surface area (Å²) in [5, 5.41) is 16.2. The van der Waals surface area contributed by atoms with E-state index in [1.165, 1.54) is 0 Å². The van der Waals surface area contributed by atoms with Crippen molar-refractivity contribution >= 4 is 12.0 Å². The van der Waals surface area contributed by atoms with Crippen LogP contribution in [0.25, 0.3) is 0 Å². The first kappa shape index (κ1) is 32.1. The molecule has 1 unspecified atom stereocenters. The van der Waals surface area contributed by atoms with Crippen molar-refractivity contribution in [2.45, 2.75) is 24.7 Å². The van der Waals surface area contributed by atoms with Crippen LogP contribution in [0.2, 0.25) is 0 Å². The Balaban J connectivity index is 1.39. The van der Waals surface area contributed by atoms with Crippen LogP contribution in [0.3, 0.4) is 0 Å². The van der Waals surface area contributed by atoms with Crippen LogP contribution < -0.4 is 20.1 Å². The van der Waals surface area contributed by atoms with Crippen molar-refractivity contribution in [3.63, 3.8) is 0 Å². The molecule has 9 heteroatoms. The average molecular weight is 599 g/mol. The summed E-state index contributed by atoms with van der Waals surface area (Å²) in [7, 11) is 3.22. The molecule has 0 fully saturated rings. The summed E-state index contributed by atoms with van der Waals surface area (Å²) in [4.78, 5) is 24.3. The highest BCUT2D eigenvalue weighted by atomic mass is 16.5. The van der Waals surface area contributed by atoms with Crippen LogP contribution in [0, 0.1) is 0 Å². The first-order chi connectivity index (χ1) is 21.4. The van der Waals surface area contributed by atoms with Gasteiger partial charge in [0, 0.05) is 19.5 Å². The highest BCUT2D eigenvalue weighted by Crippen LogP contribution is 2.41. The van der Waals surface area contributed by atoms with Gasteiger partial charge in [0.1, 0.15) is 23.7 Å². The van der Waals surface area contributed by atoms with Gasteiger partial charge in [-0.05, 0) is 46.5 Å². The van der Waals surface area contributed by atoms with Gasteiger partial charge in [0.05, 0.1) is 26.9 Å². The number of hydrogen-bond acceptors (Lipinski definition) is 7. The number of nitrogens with one attached hydrogen (secondary N) is 2. The fourth-order valence-electron chi connectivity index (χ4n) is 4.73. The predicted octanol–water partition coefficient (Wildman–Crippen LogP) is 4.81. The van der Waals surface area contributed by atoms with Crippen LogP contribution in [0.4, 0.5) is 4.79 Å². The molecule has 0 saturated carbocycles. The van der Waals surface area contributed by atoms with Crippen LogP contribution in [0.15, 0.2) is 109 Å². The van der Waals surface area contributed by atoms with Crippen molar-refractivity contribution in [1.29, 1.82) is 0 Å². The molecule has 0 aromatic heterocycles. The molecule has 0 saturated heterocycles. The van der Waals surface area contributed by atoms with E-state index in [0.29, 0.717) is 11.5 Å². The number of ether oxygens (including phenoxy) is 4. The zero-order chi connectivity index (χ0) is 31.2. The number of amides is 2. The summed E-state index contributed by atoms with van der Waals surface area (Å²) >= 11 is 0. The molecule has 4 rings (SSSR count). The summed E-state index contributed by atoms with van der Waals surface area (Å²) < 4.78 is 22.6. The number of carbonyl (C=O) groups excluding carboxylic acids is 2. The van der Waals surface area contributed by atoms with E-state index in [0.717, 1.165) is 22.3 Å². The first-order valence-corrected chi connectivity index (χ1v) is 14.3. The number of aliphatic hydroxyl groups excluding tert-OH is 1. The molecule has 1 atom stereocenters. The summed E-state index contributed by atoms with van der Waals surface area (Å²) in [6, 6.07) is 34.2. The van der Waals surface area contributed by atoms with Gasteiger partial charge in [-0.3, -0.25) is 4.79 Å². The molecule has 2 amide bonds. The summed E-state index contributed by atoms with van der Waals surface area (Å²) in [5.41, 5.74) is 2.30. The van der Waals surface area contributed by atoms with Gasteiger partial charge in [-0.25, -0.2) is 4.79 Å². The lowest BCUT2D eigenvalue weighted by atomic mass is 9.80. The standard InChI is InChI=1S/C35H38N2O7/c1-41-31-17-13-28(14-18-31)35(27-11-7-4-8-12-27,29-15-19-32(42-2)20-16-29)44-25-30(38)23-37-33(39)21-22-36-34(40)43-24-26-9-5-3-6-10-26/h3-20,30,38H,21-25H2,1-2H3,(H,36,40)(H,37,39). The van der Waals surface area contributed by atoms with E-state index in [9.17, 15) is 14.7 Å². The monoisotopic (exact) mass is 598 g/mol. The molecule has 0 bridgehead atoms. The van der Waals surface area contributed by atoms with Crippen LogP contribution >= 0.6 is 0 Å². The third kappa shape index (κ3) is 8.59. The van der Waals surface area contributed by atoms with Crippen molar-refractivity contribution in [3.8, 4) is 11.5 Å². The van der Waals surface area contributed by atoms with E-state index < -0.39 is 17.8 Å². The Hall–Kier alpha value is -4.86. The summed E-state index contributed by atoms with van der Waals surface area (Å²) in [6.07, 6.45) is -1.59. The fourth-order valence-corrected chi connectivity index (χ4v) is 4.73. The predicted molar refractivity (Wildman–Crippen MR) is 167 cm³/mol. The lowest BCUT2D eigenvalue weighted by molar-refractivity contribution is -0.121. The highest BCUT2D eigenvalue weighted by molar-refractivity contribution is 5.77. The zero-order valence-corrected chi connectivity index (χ0v) is 24.9. The molecular weight excluding hydrogens is 560 g/mol. The molecule has 4 aromatic rings. The molecule has 0 aliphatic rings. The van der Waals surface area contributed by atoms with Gasteiger partial charge in [0.2, 0.25) is 5.91 Å². The van der Waals surface area contributed by atoms with Crippen molar-refractivity contribution in [2.24, 2.45) is 0 Å². The molecule has 230 valence electrons. The van der Waals surface area contributed by atoms with E-state index in [4.69, 9.17) is 18.9 Å². The average Bonchev–Trinajstić information content (AvgIpc) is 3.08. The molecule has 9 nitrogen and oxygen atoms in total. The number of carbonyl (C=O) groups is 2. The molecule has 0 spiro atoms. The van der Waals surface area contributed by atoms with E-state index in [-0.39, 0.29) is 38.6 Å². The topological polar surface area (TPSA) is 115 Å². The maximum atomic E-state index is 12.4. The number of hydrogen-bond donors (Lipinski definition) is 3. The van der Waals surface area contributed by atoms with Gasteiger partial charge < -0.3 is 34.7 Å². The Morgan fingerprint density at radius 3 is 1.80 bits per heavy atom. The summed E-state index contributed by atoms with van der Waals surface area (Å²) in [6.45, 7) is 0.116. The zero-order valence-electron chi connectivity index (χ0n) is 24.9. The lowest BCUT2D eigenvalue weighted by Crippen LogP contribution is -2.40. The molecule has 4 aromatic carbocycles. The maximum Gasteiger partial charge on any atom is 0.407 e. The lowest BCUT2D eigenvalue weighted by Gasteiger charge is -2.36. The van der Waals surface area contributed by atoms with Gasteiger partial charge >= 0.3 is 6.09 Å². The largest absolute Gasteiger partial charge is 0.497 e. The van der Waals surface area contributed by atoms with Crippen LogP contribution in [-0.4, -0.2) is 57.1 Å². The van der Waals surface area contributed by atoms with Crippen molar-refractivity contribution in [1.82, 2.24) is 10.6 Å². The highest BCUT2D eigenvalue weighted by Gasteiger charge is 2.38. The van der Waals surface area contributed by atoms with E-state index >= 15 is 0 Å². The van der Waals surface area contributed by atoms with Crippen molar-refractivity contribution < 1.29 is 33.6 Å². The Morgan fingerprint density at radius 1 is 0.727 bits per heavy atom. The second-order valence-corrected chi connectivity index (χ2v) is 10.0. The third-order valence-corrected chi connectivity index (χ3v) is 7.03. The number of rotatable bonds is 15. The Labute approximate surface area is 257 Å². The quantitative estimate of drug-likeness (QED) is 0.168. The van der Waals surface area contributed by atoms with Gasteiger partial charge in [-0.2, -0.15) is 0 Å². The minimum Gasteiger partial charge on any atom is -0.497 e. The SMILES string of the molecule is COc1ccc(C(OCC(O)CNC(=O)CCNC(=O)OCc2ccccc2)(c2ccccc2)c2ccc(OC)cc2)cc1. The maximum absolute atomic E-state index is 12.4. The minimum atomic E-state index is -1.09. The molecule has 44 heavy (non-hydrogen) atoms. The van der Waals surface area contributed by atoms with Gasteiger partial charge in [0.15, 0.2) is 0 Å². The van der Waals surface area contributed by atoms with E-state index in [2.05, 4.69) is 10.6 Å². The van der Waals surface area contributed by atoms with Crippen LogP contribution in [0.5, 0.6) is 11.5 Å². The normalized spacial score (nSPS) is 11.7. The number of methoxy groups -OCH3 is 2. The number of aliphatic hydroxyl groups is 1. The molecule has 0 aliphatic heterocycles. The number of benzene rings is 4. The van der Waals surface area contributed by atoms with E-state index in [1.807, 2.05) is 109 Å². The van der Waals surface area contributed by atoms with E-state index in [1.54, 1.807) is 14.2 Å². The Kier molecular flexibility index (Phi) is 11.7. The van der Waals surface area contributed by atoms with Crippen LogP contribution in [0.1, 0.15) is 28.7 Å². The molecular formula is C35H38N2O7. The Morgan fingerprint density at radius 2 is 1.25 bits per heavy atom. The summed E-state index contributed by atoms with van der Waals surface area (Å²) in [5.74, 6) is 1.08. The van der Waals surface area contributed by atoms with Gasteiger partial charge in [-0.15, -0.1) is 0 Å². The molecule has 0 heterocycles. The molecule has 3 N–H and O–H groups in total. The fraction of sp³-hybridized carbons (Fsp3) is 0.257. The van der Waals surface area contributed by atoms with Gasteiger partial charge in [0.25, 0.3) is 0 Å². The number of alkyl carbamates (subject to hydrolysis) is 1. The smallest absolute Gasteiger partial charge is 0.407 e. The van der Waals surface area contributed by atoms with Crippen LogP contribution in [-0.2, 0) is 26.5 Å². The molecule has 0 aliphatic carbocycles. The first-order valence-electron chi connectivity index (χ1n) is 14.3. The van der Waals surface area contributed by atoms with Gasteiger partial charge in [-0.1, -0.05) is 84.9 Å². The van der Waals surface area contributed by atoms with Crippen molar-refractivity contribution in [3.05, 3.63) is 131 Å².